The number of nitrogens with one attached hydrogen (secondary N) is 1. The second-order valence-electron chi connectivity index (χ2n) is 6.48. The first-order valence-corrected chi connectivity index (χ1v) is 9.36. The molecular formula is C18H38N2. The van der Waals surface area contributed by atoms with Gasteiger partial charge in [-0.15, -0.1) is 0 Å². The van der Waals surface area contributed by atoms with Crippen LogP contribution in [0.2, 0.25) is 0 Å². The summed E-state index contributed by atoms with van der Waals surface area (Å²) < 4.78 is 0. The third kappa shape index (κ3) is 10.7. The van der Waals surface area contributed by atoms with Crippen LogP contribution in [0.3, 0.4) is 0 Å². The van der Waals surface area contributed by atoms with E-state index in [1.165, 1.54) is 110 Å². The van der Waals surface area contributed by atoms with Crippen molar-refractivity contribution in [1.29, 1.82) is 0 Å². The Morgan fingerprint density at radius 1 is 0.700 bits per heavy atom. The van der Waals surface area contributed by atoms with Gasteiger partial charge in [-0.1, -0.05) is 64.7 Å². The molecule has 0 atom stereocenters. The van der Waals surface area contributed by atoms with Crippen LogP contribution in [0.15, 0.2) is 0 Å². The Morgan fingerprint density at radius 2 is 1.30 bits per heavy atom. The monoisotopic (exact) mass is 282 g/mol. The summed E-state index contributed by atoms with van der Waals surface area (Å²) in [5, 5.41) is 3.62. The van der Waals surface area contributed by atoms with Crippen LogP contribution in [-0.4, -0.2) is 37.6 Å². The van der Waals surface area contributed by atoms with Crippen molar-refractivity contribution < 1.29 is 0 Å². The lowest BCUT2D eigenvalue weighted by Crippen LogP contribution is -2.33. The topological polar surface area (TPSA) is 15.3 Å². The fourth-order valence-corrected chi connectivity index (χ4v) is 3.11. The molecule has 0 aliphatic carbocycles. The molecule has 20 heavy (non-hydrogen) atoms. The minimum atomic E-state index is 1.19. The highest BCUT2D eigenvalue weighted by Crippen LogP contribution is 2.09. The van der Waals surface area contributed by atoms with Crippen molar-refractivity contribution in [2.24, 2.45) is 0 Å². The van der Waals surface area contributed by atoms with Gasteiger partial charge in [0, 0.05) is 13.1 Å². The number of likely N-dealkylation sites (tertiary alicyclic amines) is 1. The van der Waals surface area contributed by atoms with E-state index in [1.54, 1.807) is 0 Å². The molecule has 1 aliphatic heterocycles. The predicted molar refractivity (Wildman–Crippen MR) is 90.4 cm³/mol. The average Bonchev–Trinajstić information content (AvgIpc) is 2.73. The van der Waals surface area contributed by atoms with Crippen molar-refractivity contribution in [3.05, 3.63) is 0 Å². The summed E-state index contributed by atoms with van der Waals surface area (Å²) in [7, 11) is 0. The van der Waals surface area contributed by atoms with E-state index < -0.39 is 0 Å². The maximum atomic E-state index is 3.62. The van der Waals surface area contributed by atoms with Gasteiger partial charge < -0.3 is 10.2 Å². The van der Waals surface area contributed by atoms with Gasteiger partial charge in [0.15, 0.2) is 0 Å². The van der Waals surface area contributed by atoms with Crippen LogP contribution in [0, 0.1) is 0 Å². The van der Waals surface area contributed by atoms with E-state index in [1.807, 2.05) is 0 Å². The molecule has 0 amide bonds. The standard InChI is InChI=1S/C18H38N2/c1-2-3-4-5-6-7-8-11-14-19-15-18-20-16-12-9-10-13-17-20/h19H,2-18H2,1H3. The molecule has 0 bridgehead atoms. The van der Waals surface area contributed by atoms with Crippen LogP contribution < -0.4 is 5.32 Å². The van der Waals surface area contributed by atoms with Crippen molar-refractivity contribution in [2.45, 2.75) is 84.0 Å². The molecule has 0 aromatic heterocycles. The number of hydrogen-bond donors (Lipinski definition) is 1. The third-order valence-corrected chi connectivity index (χ3v) is 4.51. The van der Waals surface area contributed by atoms with Gasteiger partial charge in [-0.05, 0) is 38.9 Å². The molecule has 1 heterocycles. The molecule has 0 radical (unpaired) electrons. The second kappa shape index (κ2) is 13.9. The molecule has 1 N–H and O–H groups in total. The van der Waals surface area contributed by atoms with E-state index in [0.29, 0.717) is 0 Å². The smallest absolute Gasteiger partial charge is 0.0107 e. The number of hydrogen-bond acceptors (Lipinski definition) is 2. The molecule has 0 saturated carbocycles. The Morgan fingerprint density at radius 3 is 1.95 bits per heavy atom. The Labute approximate surface area is 127 Å². The molecular weight excluding hydrogens is 244 g/mol. The van der Waals surface area contributed by atoms with Crippen LogP contribution in [-0.2, 0) is 0 Å². The highest BCUT2D eigenvalue weighted by molar-refractivity contribution is 4.64. The van der Waals surface area contributed by atoms with Gasteiger partial charge in [-0.25, -0.2) is 0 Å². The van der Waals surface area contributed by atoms with Crippen molar-refractivity contribution in [1.82, 2.24) is 10.2 Å². The third-order valence-electron chi connectivity index (χ3n) is 4.51. The van der Waals surface area contributed by atoms with Crippen molar-refractivity contribution in [3.8, 4) is 0 Å². The lowest BCUT2D eigenvalue weighted by atomic mass is 10.1. The minimum Gasteiger partial charge on any atom is -0.315 e. The van der Waals surface area contributed by atoms with Gasteiger partial charge in [0.1, 0.15) is 0 Å². The predicted octanol–water partition coefficient (Wildman–Crippen LogP) is 4.59. The maximum Gasteiger partial charge on any atom is 0.0107 e. The van der Waals surface area contributed by atoms with Gasteiger partial charge >= 0.3 is 0 Å². The average molecular weight is 283 g/mol. The first-order valence-electron chi connectivity index (χ1n) is 9.36. The first-order chi connectivity index (χ1) is 9.93. The van der Waals surface area contributed by atoms with Gasteiger partial charge in [0.05, 0.1) is 0 Å². The quantitative estimate of drug-likeness (QED) is 0.527. The zero-order valence-corrected chi connectivity index (χ0v) is 14.0. The van der Waals surface area contributed by atoms with Crippen LogP contribution in [0.25, 0.3) is 0 Å². The molecule has 2 nitrogen and oxygen atoms in total. The van der Waals surface area contributed by atoms with Crippen LogP contribution >= 0.6 is 0 Å². The van der Waals surface area contributed by atoms with Crippen LogP contribution in [0.5, 0.6) is 0 Å². The SMILES string of the molecule is CCCCCCCCCCNCCN1CCCCCC1. The zero-order chi connectivity index (χ0) is 14.3. The summed E-state index contributed by atoms with van der Waals surface area (Å²) in [4.78, 5) is 2.65. The number of unbranched alkanes of at least 4 members (excludes halogenated alkanes) is 7. The lowest BCUT2D eigenvalue weighted by molar-refractivity contribution is 0.284. The second-order valence-corrected chi connectivity index (χ2v) is 6.48. The highest BCUT2D eigenvalue weighted by atomic mass is 15.1. The molecule has 0 unspecified atom stereocenters. The van der Waals surface area contributed by atoms with Gasteiger partial charge in [-0.2, -0.15) is 0 Å². The highest BCUT2D eigenvalue weighted by Gasteiger charge is 2.07. The van der Waals surface area contributed by atoms with E-state index in [9.17, 15) is 0 Å². The fourth-order valence-electron chi connectivity index (χ4n) is 3.11. The lowest BCUT2D eigenvalue weighted by Gasteiger charge is -2.19. The van der Waals surface area contributed by atoms with Crippen molar-refractivity contribution in [3.63, 3.8) is 0 Å². The normalized spacial score (nSPS) is 17.2. The largest absolute Gasteiger partial charge is 0.315 e. The minimum absolute atomic E-state index is 1.19. The Hall–Kier alpha value is -0.0800. The Kier molecular flexibility index (Phi) is 12.5. The molecule has 2 heteroatoms. The van der Waals surface area contributed by atoms with E-state index >= 15 is 0 Å². The zero-order valence-electron chi connectivity index (χ0n) is 14.0. The van der Waals surface area contributed by atoms with Crippen molar-refractivity contribution in [2.75, 3.05) is 32.7 Å². The van der Waals surface area contributed by atoms with Gasteiger partial charge in [-0.3, -0.25) is 0 Å². The summed E-state index contributed by atoms with van der Waals surface area (Å²) in [5.41, 5.74) is 0. The molecule has 0 spiro atoms. The summed E-state index contributed by atoms with van der Waals surface area (Å²) in [6, 6.07) is 0. The van der Waals surface area contributed by atoms with E-state index in [0.717, 1.165) is 0 Å². The van der Waals surface area contributed by atoms with E-state index in [-0.39, 0.29) is 0 Å². The molecule has 1 rings (SSSR count). The van der Waals surface area contributed by atoms with E-state index in [2.05, 4.69) is 17.1 Å². The van der Waals surface area contributed by atoms with E-state index in [4.69, 9.17) is 0 Å². The summed E-state index contributed by atoms with van der Waals surface area (Å²) >= 11 is 0. The molecule has 1 fully saturated rings. The molecule has 1 saturated heterocycles. The molecule has 120 valence electrons. The molecule has 0 aromatic rings. The van der Waals surface area contributed by atoms with Crippen LogP contribution in [0.4, 0.5) is 0 Å². The van der Waals surface area contributed by atoms with Crippen LogP contribution in [0.1, 0.15) is 84.0 Å². The van der Waals surface area contributed by atoms with Crippen molar-refractivity contribution >= 4 is 0 Å². The van der Waals surface area contributed by atoms with Gasteiger partial charge in [0.25, 0.3) is 0 Å². The maximum absolute atomic E-state index is 3.62. The molecule has 1 aliphatic rings. The summed E-state index contributed by atoms with van der Waals surface area (Å²) in [6.45, 7) is 8.63. The Balaban J connectivity index is 1.76. The number of nitrogens with zero attached hydrogens (tertiary/aromatic N) is 1. The first kappa shape index (κ1) is 18.0. The number of rotatable bonds is 12. The summed E-state index contributed by atoms with van der Waals surface area (Å²) in [5.74, 6) is 0. The van der Waals surface area contributed by atoms with Gasteiger partial charge in [0.2, 0.25) is 0 Å². The fraction of sp³-hybridized carbons (Fsp3) is 1.00. The molecule has 0 aromatic carbocycles. The Bertz CT molecular complexity index is 186. The summed E-state index contributed by atoms with van der Waals surface area (Å²) in [6.07, 6.45) is 17.1.